The van der Waals surface area contributed by atoms with Crippen molar-refractivity contribution >= 4 is 5.91 Å². The number of aromatic nitrogens is 2. The van der Waals surface area contributed by atoms with Crippen LogP contribution in [0.5, 0.6) is 0 Å². The van der Waals surface area contributed by atoms with Crippen molar-refractivity contribution in [2.24, 2.45) is 0 Å². The standard InChI is InChI=1S/C19H24N4O/c1-13-6-8-15(9-7-13)23-17-5-3-4-16(17)18(21-23)19(24)22-11-10-20-12-14(22)2/h6-9,14,20H,3-5,10-12H2,1-2H3. The summed E-state index contributed by atoms with van der Waals surface area (Å²) >= 11 is 0. The number of piperazine rings is 1. The molecule has 126 valence electrons. The minimum Gasteiger partial charge on any atom is -0.332 e. The first kappa shape index (κ1) is 15.4. The van der Waals surface area contributed by atoms with Gasteiger partial charge in [-0.15, -0.1) is 0 Å². The van der Waals surface area contributed by atoms with Gasteiger partial charge in [-0.25, -0.2) is 4.68 Å². The Morgan fingerprint density at radius 1 is 1.25 bits per heavy atom. The highest BCUT2D eigenvalue weighted by Gasteiger charge is 2.32. The van der Waals surface area contributed by atoms with E-state index < -0.39 is 0 Å². The van der Waals surface area contributed by atoms with Crippen molar-refractivity contribution in [1.82, 2.24) is 20.0 Å². The second-order valence-electron chi connectivity index (χ2n) is 6.93. The summed E-state index contributed by atoms with van der Waals surface area (Å²) in [5.74, 6) is 0.0908. The molecular formula is C19H24N4O. The SMILES string of the molecule is Cc1ccc(-n2nc(C(=O)N3CCNCC3C)c3c2CCC3)cc1. The molecule has 1 aromatic carbocycles. The maximum absolute atomic E-state index is 13.1. The van der Waals surface area contributed by atoms with E-state index in [0.717, 1.165) is 50.1 Å². The largest absolute Gasteiger partial charge is 0.332 e. The minimum atomic E-state index is 0.0908. The molecule has 5 heteroatoms. The predicted octanol–water partition coefficient (Wildman–Crippen LogP) is 2.10. The Balaban J connectivity index is 1.73. The molecule has 2 aromatic rings. The van der Waals surface area contributed by atoms with E-state index in [1.165, 1.54) is 11.3 Å². The zero-order valence-corrected chi connectivity index (χ0v) is 14.4. The van der Waals surface area contributed by atoms with E-state index in [2.05, 4.69) is 43.4 Å². The van der Waals surface area contributed by atoms with Gasteiger partial charge < -0.3 is 10.2 Å². The number of fused-ring (bicyclic) bond motifs is 1. The third-order valence-corrected chi connectivity index (χ3v) is 5.17. The molecule has 1 fully saturated rings. The summed E-state index contributed by atoms with van der Waals surface area (Å²) in [5.41, 5.74) is 5.31. The van der Waals surface area contributed by atoms with Crippen molar-refractivity contribution in [2.75, 3.05) is 19.6 Å². The molecule has 0 spiro atoms. The second kappa shape index (κ2) is 6.06. The first-order valence-electron chi connectivity index (χ1n) is 8.84. The Morgan fingerprint density at radius 3 is 2.79 bits per heavy atom. The van der Waals surface area contributed by atoms with E-state index in [0.29, 0.717) is 5.69 Å². The molecule has 1 saturated heterocycles. The zero-order chi connectivity index (χ0) is 16.7. The van der Waals surface area contributed by atoms with Crippen LogP contribution in [-0.2, 0) is 12.8 Å². The molecule has 4 rings (SSSR count). The van der Waals surface area contributed by atoms with E-state index >= 15 is 0 Å². The normalized spacial score (nSPS) is 20.2. The number of carbonyl (C=O) groups excluding carboxylic acids is 1. The lowest BCUT2D eigenvalue weighted by atomic mass is 10.1. The van der Waals surface area contributed by atoms with Gasteiger partial charge in [-0.2, -0.15) is 5.10 Å². The quantitative estimate of drug-likeness (QED) is 0.920. The summed E-state index contributed by atoms with van der Waals surface area (Å²) in [5, 5.41) is 8.09. The number of nitrogens with one attached hydrogen (secondary N) is 1. The Morgan fingerprint density at radius 2 is 2.04 bits per heavy atom. The number of carbonyl (C=O) groups is 1. The fourth-order valence-electron chi connectivity index (χ4n) is 3.79. The van der Waals surface area contributed by atoms with Gasteiger partial charge in [0.15, 0.2) is 5.69 Å². The molecule has 0 bridgehead atoms. The van der Waals surface area contributed by atoms with Gasteiger partial charge in [-0.3, -0.25) is 4.79 Å². The maximum Gasteiger partial charge on any atom is 0.274 e. The van der Waals surface area contributed by atoms with E-state index in [9.17, 15) is 4.79 Å². The maximum atomic E-state index is 13.1. The summed E-state index contributed by atoms with van der Waals surface area (Å²) in [6.45, 7) is 6.65. The fraction of sp³-hybridized carbons (Fsp3) is 0.474. The van der Waals surface area contributed by atoms with Crippen LogP contribution in [0.4, 0.5) is 0 Å². The lowest BCUT2D eigenvalue weighted by Gasteiger charge is -2.33. The third-order valence-electron chi connectivity index (χ3n) is 5.17. The van der Waals surface area contributed by atoms with Crippen LogP contribution < -0.4 is 5.32 Å². The molecule has 0 saturated carbocycles. The summed E-state index contributed by atoms with van der Waals surface area (Å²) in [7, 11) is 0. The van der Waals surface area contributed by atoms with Crippen LogP contribution in [0.3, 0.4) is 0 Å². The van der Waals surface area contributed by atoms with E-state index in [1.54, 1.807) is 0 Å². The van der Waals surface area contributed by atoms with Crippen LogP contribution in [0.15, 0.2) is 24.3 Å². The van der Waals surface area contributed by atoms with Crippen LogP contribution in [0.1, 0.15) is 40.7 Å². The Labute approximate surface area is 142 Å². The molecule has 2 aliphatic rings. The molecule has 24 heavy (non-hydrogen) atoms. The van der Waals surface area contributed by atoms with Crippen molar-refractivity contribution in [3.8, 4) is 5.69 Å². The van der Waals surface area contributed by atoms with Crippen molar-refractivity contribution < 1.29 is 4.79 Å². The molecule has 1 atom stereocenters. The van der Waals surface area contributed by atoms with Gasteiger partial charge in [0.25, 0.3) is 5.91 Å². The number of rotatable bonds is 2. The van der Waals surface area contributed by atoms with Gasteiger partial charge >= 0.3 is 0 Å². The monoisotopic (exact) mass is 324 g/mol. The van der Waals surface area contributed by atoms with Crippen LogP contribution >= 0.6 is 0 Å². The highest BCUT2D eigenvalue weighted by molar-refractivity contribution is 5.94. The fourth-order valence-corrected chi connectivity index (χ4v) is 3.79. The van der Waals surface area contributed by atoms with E-state index in [-0.39, 0.29) is 11.9 Å². The van der Waals surface area contributed by atoms with Gasteiger partial charge in [0, 0.05) is 36.9 Å². The number of benzene rings is 1. The Kier molecular flexibility index (Phi) is 3.88. The number of hydrogen-bond acceptors (Lipinski definition) is 3. The van der Waals surface area contributed by atoms with Crippen molar-refractivity contribution in [1.29, 1.82) is 0 Å². The molecule has 2 heterocycles. The third kappa shape index (κ3) is 2.53. The smallest absolute Gasteiger partial charge is 0.274 e. The molecule has 1 N–H and O–H groups in total. The number of hydrogen-bond donors (Lipinski definition) is 1. The lowest BCUT2D eigenvalue weighted by molar-refractivity contribution is 0.0648. The van der Waals surface area contributed by atoms with E-state index in [1.807, 2.05) is 9.58 Å². The molecule has 1 aliphatic heterocycles. The highest BCUT2D eigenvalue weighted by atomic mass is 16.2. The lowest BCUT2D eigenvalue weighted by Crippen LogP contribution is -2.52. The first-order valence-corrected chi connectivity index (χ1v) is 8.84. The van der Waals surface area contributed by atoms with E-state index in [4.69, 9.17) is 5.10 Å². The van der Waals surface area contributed by atoms with Crippen LogP contribution in [0, 0.1) is 6.92 Å². The second-order valence-corrected chi connectivity index (χ2v) is 6.93. The molecule has 1 unspecified atom stereocenters. The summed E-state index contributed by atoms with van der Waals surface area (Å²) < 4.78 is 1.99. The van der Waals surface area contributed by atoms with Gasteiger partial charge in [-0.1, -0.05) is 17.7 Å². The predicted molar refractivity (Wildman–Crippen MR) is 93.7 cm³/mol. The summed E-state index contributed by atoms with van der Waals surface area (Å²) in [6, 6.07) is 8.58. The molecule has 0 radical (unpaired) electrons. The minimum absolute atomic E-state index is 0.0908. The van der Waals surface area contributed by atoms with Gasteiger partial charge in [0.2, 0.25) is 0 Å². The summed E-state index contributed by atoms with van der Waals surface area (Å²) in [6.07, 6.45) is 3.07. The average Bonchev–Trinajstić information content (AvgIpc) is 3.18. The van der Waals surface area contributed by atoms with Crippen molar-refractivity contribution in [3.05, 3.63) is 46.8 Å². The van der Waals surface area contributed by atoms with Gasteiger partial charge in [-0.05, 0) is 45.2 Å². The van der Waals surface area contributed by atoms with Crippen molar-refractivity contribution in [3.63, 3.8) is 0 Å². The molecular weight excluding hydrogens is 300 g/mol. The number of nitrogens with zero attached hydrogens (tertiary/aromatic N) is 3. The molecule has 1 amide bonds. The first-order chi connectivity index (χ1) is 11.6. The zero-order valence-electron chi connectivity index (χ0n) is 14.4. The Bertz CT molecular complexity index is 762. The van der Waals surface area contributed by atoms with Crippen LogP contribution in [-0.4, -0.2) is 46.3 Å². The number of amides is 1. The summed E-state index contributed by atoms with van der Waals surface area (Å²) in [4.78, 5) is 15.1. The van der Waals surface area contributed by atoms with Gasteiger partial charge in [0.1, 0.15) is 0 Å². The molecule has 5 nitrogen and oxygen atoms in total. The number of aryl methyl sites for hydroxylation is 1. The molecule has 1 aliphatic carbocycles. The average molecular weight is 324 g/mol. The molecule has 1 aromatic heterocycles. The van der Waals surface area contributed by atoms with Crippen molar-refractivity contribution in [2.45, 2.75) is 39.2 Å². The highest BCUT2D eigenvalue weighted by Crippen LogP contribution is 2.29. The van der Waals surface area contributed by atoms with Crippen LogP contribution in [0.25, 0.3) is 5.69 Å². The van der Waals surface area contributed by atoms with Crippen LogP contribution in [0.2, 0.25) is 0 Å². The topological polar surface area (TPSA) is 50.2 Å². The van der Waals surface area contributed by atoms with Gasteiger partial charge in [0.05, 0.1) is 5.69 Å². The Hall–Kier alpha value is -2.14.